The molecule has 4 rings (SSSR count). The lowest BCUT2D eigenvalue weighted by atomic mass is 10.0. The number of rotatable bonds is 1. The third-order valence-electron chi connectivity index (χ3n) is 3.84. The molecule has 0 atom stereocenters. The smallest absolute Gasteiger partial charge is 0.0430 e. The molecule has 1 heterocycles. The van der Waals surface area contributed by atoms with E-state index in [4.69, 9.17) is 0 Å². The fourth-order valence-corrected chi connectivity index (χ4v) is 4.04. The molecule has 3 aromatic carbocycles. The Bertz CT molecular complexity index is 910. The average Bonchev–Trinajstić information content (AvgIpc) is 2.84. The maximum Gasteiger partial charge on any atom is 0.0430 e. The number of benzene rings is 3. The third-order valence-corrected chi connectivity index (χ3v) is 5.01. The van der Waals surface area contributed by atoms with E-state index < -0.39 is 0 Å². The minimum absolute atomic E-state index is 1.31. The summed E-state index contributed by atoms with van der Waals surface area (Å²) < 4.78 is 0. The Morgan fingerprint density at radius 2 is 1.30 bits per heavy atom. The van der Waals surface area contributed by atoms with Gasteiger partial charge in [0.25, 0.3) is 0 Å². The van der Waals surface area contributed by atoms with Gasteiger partial charge in [0.15, 0.2) is 0 Å². The van der Waals surface area contributed by atoms with E-state index in [9.17, 15) is 0 Å². The van der Waals surface area contributed by atoms with Gasteiger partial charge in [0, 0.05) is 20.7 Å². The Morgan fingerprint density at radius 3 is 2.15 bits per heavy atom. The molecule has 0 aliphatic rings. The normalized spacial score (nSPS) is 11.2. The standard InChI is InChI=1S/C19H14S/c1-13-15-9-4-5-11-17(15)19(20-13)18-12-6-8-14-7-2-3-10-16(14)18/h2-12H,1H3. The van der Waals surface area contributed by atoms with Gasteiger partial charge in [0.1, 0.15) is 0 Å². The highest BCUT2D eigenvalue weighted by Gasteiger charge is 2.11. The van der Waals surface area contributed by atoms with Crippen molar-refractivity contribution in [2.24, 2.45) is 0 Å². The summed E-state index contributed by atoms with van der Waals surface area (Å²) in [7, 11) is 0. The summed E-state index contributed by atoms with van der Waals surface area (Å²) in [6, 6.07) is 23.9. The van der Waals surface area contributed by atoms with Crippen LogP contribution in [-0.4, -0.2) is 0 Å². The second-order valence-corrected chi connectivity index (χ2v) is 6.28. The van der Waals surface area contributed by atoms with Gasteiger partial charge in [-0.05, 0) is 23.1 Å². The molecule has 0 aliphatic heterocycles. The number of thiophene rings is 1. The van der Waals surface area contributed by atoms with Crippen LogP contribution in [0.2, 0.25) is 0 Å². The van der Waals surface area contributed by atoms with E-state index in [1.165, 1.54) is 36.9 Å². The number of hydrogen-bond donors (Lipinski definition) is 0. The van der Waals surface area contributed by atoms with Crippen LogP contribution < -0.4 is 0 Å². The van der Waals surface area contributed by atoms with Crippen LogP contribution in [0.3, 0.4) is 0 Å². The van der Waals surface area contributed by atoms with E-state index in [1.807, 2.05) is 11.3 Å². The maximum absolute atomic E-state index is 2.24. The predicted molar refractivity (Wildman–Crippen MR) is 89.5 cm³/mol. The van der Waals surface area contributed by atoms with Crippen molar-refractivity contribution in [2.75, 3.05) is 0 Å². The van der Waals surface area contributed by atoms with Crippen LogP contribution in [0.1, 0.15) is 4.88 Å². The summed E-state index contributed by atoms with van der Waals surface area (Å²) in [5, 5.41) is 5.38. The Kier molecular flexibility index (Phi) is 2.61. The summed E-state index contributed by atoms with van der Waals surface area (Å²) in [6.45, 7) is 2.21. The van der Waals surface area contributed by atoms with Gasteiger partial charge in [-0.25, -0.2) is 0 Å². The molecule has 1 aromatic heterocycles. The summed E-state index contributed by atoms with van der Waals surface area (Å²) in [4.78, 5) is 2.78. The zero-order valence-electron chi connectivity index (χ0n) is 11.3. The van der Waals surface area contributed by atoms with Crippen molar-refractivity contribution in [3.05, 3.63) is 71.6 Å². The van der Waals surface area contributed by atoms with Gasteiger partial charge in [-0.15, -0.1) is 11.3 Å². The van der Waals surface area contributed by atoms with Gasteiger partial charge < -0.3 is 0 Å². The van der Waals surface area contributed by atoms with Crippen molar-refractivity contribution >= 4 is 32.9 Å². The van der Waals surface area contributed by atoms with Crippen LogP contribution in [0.4, 0.5) is 0 Å². The molecule has 0 bridgehead atoms. The first-order valence-corrected chi connectivity index (χ1v) is 7.62. The largest absolute Gasteiger partial charge is 0.139 e. The highest BCUT2D eigenvalue weighted by atomic mass is 32.1. The van der Waals surface area contributed by atoms with Crippen LogP contribution in [-0.2, 0) is 0 Å². The predicted octanol–water partition coefficient (Wildman–Crippen LogP) is 6.03. The average molecular weight is 274 g/mol. The molecule has 96 valence electrons. The lowest BCUT2D eigenvalue weighted by molar-refractivity contribution is 1.68. The third kappa shape index (κ3) is 1.67. The van der Waals surface area contributed by atoms with Gasteiger partial charge in [-0.1, -0.05) is 66.7 Å². The monoisotopic (exact) mass is 274 g/mol. The highest BCUT2D eigenvalue weighted by Crippen LogP contribution is 2.40. The molecule has 1 heteroatoms. The van der Waals surface area contributed by atoms with Gasteiger partial charge in [-0.2, -0.15) is 0 Å². The van der Waals surface area contributed by atoms with E-state index in [1.54, 1.807) is 0 Å². The fraction of sp³-hybridized carbons (Fsp3) is 0.0526. The summed E-state index contributed by atoms with van der Waals surface area (Å²) in [6.07, 6.45) is 0. The zero-order chi connectivity index (χ0) is 13.5. The highest BCUT2D eigenvalue weighted by molar-refractivity contribution is 7.17. The first-order valence-electron chi connectivity index (χ1n) is 6.81. The first-order chi connectivity index (χ1) is 9.84. The van der Waals surface area contributed by atoms with E-state index >= 15 is 0 Å². The second-order valence-electron chi connectivity index (χ2n) is 5.06. The van der Waals surface area contributed by atoms with Crippen LogP contribution in [0.15, 0.2) is 66.7 Å². The minimum Gasteiger partial charge on any atom is -0.139 e. The summed E-state index contributed by atoms with van der Waals surface area (Å²) in [5.74, 6) is 0. The fourth-order valence-electron chi connectivity index (χ4n) is 2.87. The van der Waals surface area contributed by atoms with Crippen molar-refractivity contribution in [1.82, 2.24) is 0 Å². The first kappa shape index (κ1) is 11.7. The molecule has 0 saturated heterocycles. The Labute approximate surface area is 122 Å². The molecular formula is C19H14S. The van der Waals surface area contributed by atoms with Crippen molar-refractivity contribution in [1.29, 1.82) is 0 Å². The molecule has 0 aliphatic carbocycles. The summed E-state index contributed by atoms with van der Waals surface area (Å²) >= 11 is 1.90. The molecule has 0 radical (unpaired) electrons. The van der Waals surface area contributed by atoms with Gasteiger partial charge in [0.2, 0.25) is 0 Å². The zero-order valence-corrected chi connectivity index (χ0v) is 12.1. The van der Waals surface area contributed by atoms with Crippen LogP contribution in [0, 0.1) is 6.92 Å². The molecule has 0 unspecified atom stereocenters. The van der Waals surface area contributed by atoms with E-state index in [0.29, 0.717) is 0 Å². The van der Waals surface area contributed by atoms with Crippen molar-refractivity contribution in [3.8, 4) is 10.4 Å². The number of fused-ring (bicyclic) bond motifs is 2. The molecule has 0 N–H and O–H groups in total. The lowest BCUT2D eigenvalue weighted by Crippen LogP contribution is -1.78. The SMILES string of the molecule is Cc1sc(-c2cccc3ccccc23)c2ccccc12. The molecule has 0 saturated carbocycles. The van der Waals surface area contributed by atoms with Crippen molar-refractivity contribution in [2.45, 2.75) is 6.92 Å². The minimum atomic E-state index is 1.31. The second kappa shape index (κ2) is 4.46. The van der Waals surface area contributed by atoms with Crippen LogP contribution in [0.5, 0.6) is 0 Å². The summed E-state index contributed by atoms with van der Waals surface area (Å²) in [5.41, 5.74) is 1.34. The molecule has 0 nitrogen and oxygen atoms in total. The molecule has 0 spiro atoms. The van der Waals surface area contributed by atoms with Gasteiger partial charge >= 0.3 is 0 Å². The Balaban J connectivity index is 2.12. The quantitative estimate of drug-likeness (QED) is 0.397. The van der Waals surface area contributed by atoms with Crippen molar-refractivity contribution in [3.63, 3.8) is 0 Å². The molecule has 4 aromatic rings. The Hall–Kier alpha value is -2.12. The number of aryl methyl sites for hydroxylation is 1. The molecular weight excluding hydrogens is 260 g/mol. The Morgan fingerprint density at radius 1 is 0.650 bits per heavy atom. The topological polar surface area (TPSA) is 0 Å². The maximum atomic E-state index is 2.24. The lowest BCUT2D eigenvalue weighted by Gasteiger charge is -2.05. The number of hydrogen-bond acceptors (Lipinski definition) is 1. The molecule has 20 heavy (non-hydrogen) atoms. The van der Waals surface area contributed by atoms with E-state index in [2.05, 4.69) is 73.7 Å². The molecule has 0 amide bonds. The van der Waals surface area contributed by atoms with E-state index in [0.717, 1.165) is 0 Å². The van der Waals surface area contributed by atoms with Gasteiger partial charge in [-0.3, -0.25) is 0 Å². The van der Waals surface area contributed by atoms with Crippen LogP contribution in [0.25, 0.3) is 32.0 Å². The van der Waals surface area contributed by atoms with Gasteiger partial charge in [0.05, 0.1) is 0 Å². The molecule has 0 fully saturated rings. The van der Waals surface area contributed by atoms with E-state index in [-0.39, 0.29) is 0 Å². The van der Waals surface area contributed by atoms with Crippen molar-refractivity contribution < 1.29 is 0 Å². The van der Waals surface area contributed by atoms with Crippen LogP contribution >= 0.6 is 11.3 Å².